The van der Waals surface area contributed by atoms with E-state index in [1.165, 1.54) is 11.3 Å². The van der Waals surface area contributed by atoms with Crippen LogP contribution in [0, 0.1) is 0 Å². The van der Waals surface area contributed by atoms with Crippen molar-refractivity contribution >= 4 is 55.3 Å². The van der Waals surface area contributed by atoms with Gasteiger partial charge in [-0.25, -0.2) is 14.2 Å². The lowest BCUT2D eigenvalue weighted by atomic mass is 10.1. The van der Waals surface area contributed by atoms with E-state index < -0.39 is 5.97 Å². The number of halogens is 1. The van der Waals surface area contributed by atoms with Crippen molar-refractivity contribution in [2.24, 2.45) is 0 Å². The second-order valence-electron chi connectivity index (χ2n) is 7.68. The van der Waals surface area contributed by atoms with Crippen molar-refractivity contribution < 1.29 is 19.4 Å². The van der Waals surface area contributed by atoms with Gasteiger partial charge in [-0.15, -0.1) is 0 Å². The van der Waals surface area contributed by atoms with E-state index in [1.807, 2.05) is 43.3 Å². The molecule has 0 aliphatic heterocycles. The molecule has 0 saturated heterocycles. The molecule has 5 rings (SSSR count). The number of rotatable bonds is 7. The summed E-state index contributed by atoms with van der Waals surface area (Å²) in [5.41, 5.74) is 3.29. The Morgan fingerprint density at radius 2 is 1.86 bits per heavy atom. The fraction of sp³-hybridized carbons (Fsp3) is 0.115. The van der Waals surface area contributed by atoms with Crippen molar-refractivity contribution in [1.29, 1.82) is 0 Å². The Balaban J connectivity index is 1.48. The number of aromatic nitrogens is 2. The van der Waals surface area contributed by atoms with Crippen LogP contribution in [0.4, 0.5) is 0 Å². The van der Waals surface area contributed by atoms with E-state index in [0.29, 0.717) is 27.6 Å². The van der Waals surface area contributed by atoms with Gasteiger partial charge in [-0.1, -0.05) is 51.5 Å². The maximum absolute atomic E-state index is 13.1. The van der Waals surface area contributed by atoms with Crippen molar-refractivity contribution in [3.05, 3.63) is 96.7 Å². The zero-order valence-corrected chi connectivity index (χ0v) is 20.9. The minimum absolute atomic E-state index is 0.117. The smallest absolute Gasteiger partial charge is 0.335 e. The standard InChI is InChI=1S/C26H19BrN2O5S/c1-2-33-21-11-17(12-23-24(30)29-20-6-4-3-5-19(20)28-26(29)35-23)18(27)13-22(21)34-14-15-7-9-16(10-8-15)25(31)32/h3-13H,2,14H2,1H3,(H,31,32)/b23-12-. The van der Waals surface area contributed by atoms with Crippen molar-refractivity contribution in [2.75, 3.05) is 6.61 Å². The maximum atomic E-state index is 13.1. The number of hydrogen-bond donors (Lipinski definition) is 1. The van der Waals surface area contributed by atoms with E-state index in [4.69, 9.17) is 14.6 Å². The first-order valence-corrected chi connectivity index (χ1v) is 12.4. The SMILES string of the molecule is CCOc1cc(/C=c2\sc3nc4ccccc4n3c2=O)c(Br)cc1OCc1ccc(C(=O)O)cc1. The second-order valence-corrected chi connectivity index (χ2v) is 9.54. The molecular weight excluding hydrogens is 532 g/mol. The largest absolute Gasteiger partial charge is 0.490 e. The fourth-order valence-corrected chi connectivity index (χ4v) is 5.12. The van der Waals surface area contributed by atoms with Gasteiger partial charge in [0.05, 0.1) is 27.7 Å². The molecule has 3 aromatic carbocycles. The number of benzene rings is 3. The number of imidazole rings is 1. The Morgan fingerprint density at radius 3 is 2.60 bits per heavy atom. The molecule has 0 aliphatic carbocycles. The summed E-state index contributed by atoms with van der Waals surface area (Å²) in [5.74, 6) is 0.108. The van der Waals surface area contributed by atoms with Gasteiger partial charge in [0.2, 0.25) is 0 Å². The third-order valence-corrected chi connectivity index (χ3v) is 7.05. The molecule has 0 spiro atoms. The average molecular weight is 551 g/mol. The lowest BCUT2D eigenvalue weighted by molar-refractivity contribution is 0.0697. The molecule has 0 fully saturated rings. The predicted octanol–water partition coefficient (Wildman–Crippen LogP) is 4.90. The Labute approximate surface area is 212 Å². The average Bonchev–Trinajstić information content (AvgIpc) is 3.36. The summed E-state index contributed by atoms with van der Waals surface area (Å²) in [4.78, 5) is 29.4. The van der Waals surface area contributed by atoms with Crippen LogP contribution in [-0.2, 0) is 6.61 Å². The molecule has 7 nitrogen and oxygen atoms in total. The molecular formula is C26H19BrN2O5S. The molecule has 0 unspecified atom stereocenters. The van der Waals surface area contributed by atoms with Crippen LogP contribution in [-0.4, -0.2) is 27.1 Å². The summed E-state index contributed by atoms with van der Waals surface area (Å²) in [7, 11) is 0. The van der Waals surface area contributed by atoms with Gasteiger partial charge in [0, 0.05) is 4.47 Å². The van der Waals surface area contributed by atoms with Gasteiger partial charge in [0.25, 0.3) is 5.56 Å². The number of aromatic carboxylic acids is 1. The molecule has 0 bridgehead atoms. The molecule has 0 aliphatic rings. The molecule has 0 saturated carbocycles. The van der Waals surface area contributed by atoms with E-state index in [2.05, 4.69) is 20.9 Å². The lowest BCUT2D eigenvalue weighted by Crippen LogP contribution is -2.22. The van der Waals surface area contributed by atoms with Crippen LogP contribution in [0.3, 0.4) is 0 Å². The number of carboxylic acid groups (broad SMARTS) is 1. The number of carbonyl (C=O) groups is 1. The first-order chi connectivity index (χ1) is 16.9. The van der Waals surface area contributed by atoms with Gasteiger partial charge in [0.1, 0.15) is 6.61 Å². The highest BCUT2D eigenvalue weighted by Gasteiger charge is 2.14. The number of hydrogen-bond acceptors (Lipinski definition) is 6. The Hall–Kier alpha value is -3.69. The topological polar surface area (TPSA) is 90.1 Å². The van der Waals surface area contributed by atoms with Crippen LogP contribution in [0.2, 0.25) is 0 Å². The monoisotopic (exact) mass is 550 g/mol. The molecule has 0 amide bonds. The summed E-state index contributed by atoms with van der Waals surface area (Å²) in [6, 6.07) is 17.7. The summed E-state index contributed by atoms with van der Waals surface area (Å²) in [6.45, 7) is 2.57. The van der Waals surface area contributed by atoms with Gasteiger partial charge in [-0.05, 0) is 60.5 Å². The molecule has 0 atom stereocenters. The number of ether oxygens (including phenoxy) is 2. The van der Waals surface area contributed by atoms with E-state index in [-0.39, 0.29) is 17.7 Å². The number of carboxylic acids is 1. The number of para-hydroxylation sites is 2. The van der Waals surface area contributed by atoms with Crippen LogP contribution in [0.15, 0.2) is 69.9 Å². The Kier molecular flexibility index (Phi) is 6.27. The maximum Gasteiger partial charge on any atom is 0.335 e. The Bertz CT molecular complexity index is 1670. The minimum atomic E-state index is -0.972. The first kappa shape index (κ1) is 23.1. The summed E-state index contributed by atoms with van der Waals surface area (Å²) in [5, 5.41) is 9.05. The van der Waals surface area contributed by atoms with Gasteiger partial charge >= 0.3 is 5.97 Å². The second kappa shape index (κ2) is 9.52. The molecule has 176 valence electrons. The van der Waals surface area contributed by atoms with E-state index >= 15 is 0 Å². The van der Waals surface area contributed by atoms with Gasteiger partial charge < -0.3 is 14.6 Å². The van der Waals surface area contributed by atoms with Crippen LogP contribution >= 0.6 is 27.3 Å². The minimum Gasteiger partial charge on any atom is -0.490 e. The third kappa shape index (κ3) is 4.52. The van der Waals surface area contributed by atoms with Gasteiger partial charge in [0.15, 0.2) is 16.5 Å². The third-order valence-electron chi connectivity index (χ3n) is 5.39. The molecule has 0 radical (unpaired) electrons. The van der Waals surface area contributed by atoms with Crippen molar-refractivity contribution in [3.8, 4) is 11.5 Å². The van der Waals surface area contributed by atoms with E-state index in [1.54, 1.807) is 34.7 Å². The summed E-state index contributed by atoms with van der Waals surface area (Å²) < 4.78 is 14.7. The quantitative estimate of drug-likeness (QED) is 0.310. The Morgan fingerprint density at radius 1 is 1.11 bits per heavy atom. The van der Waals surface area contributed by atoms with Gasteiger partial charge in [-0.3, -0.25) is 4.79 Å². The van der Waals surface area contributed by atoms with E-state index in [0.717, 1.165) is 26.6 Å². The van der Waals surface area contributed by atoms with Gasteiger partial charge in [-0.2, -0.15) is 0 Å². The molecule has 1 N–H and O–H groups in total. The fourth-order valence-electron chi connectivity index (χ4n) is 3.70. The normalized spacial score (nSPS) is 11.9. The zero-order chi connectivity index (χ0) is 24.5. The zero-order valence-electron chi connectivity index (χ0n) is 18.5. The van der Waals surface area contributed by atoms with E-state index in [9.17, 15) is 9.59 Å². The summed E-state index contributed by atoms with van der Waals surface area (Å²) in [6.07, 6.45) is 1.82. The lowest BCUT2D eigenvalue weighted by Gasteiger charge is -2.14. The van der Waals surface area contributed by atoms with Crippen molar-refractivity contribution in [2.45, 2.75) is 13.5 Å². The predicted molar refractivity (Wildman–Crippen MR) is 139 cm³/mol. The van der Waals surface area contributed by atoms with Crippen LogP contribution in [0.1, 0.15) is 28.4 Å². The van der Waals surface area contributed by atoms with Crippen molar-refractivity contribution in [3.63, 3.8) is 0 Å². The molecule has 9 heteroatoms. The first-order valence-electron chi connectivity index (χ1n) is 10.8. The highest BCUT2D eigenvalue weighted by Crippen LogP contribution is 2.35. The van der Waals surface area contributed by atoms with Crippen LogP contribution in [0.5, 0.6) is 11.5 Å². The highest BCUT2D eigenvalue weighted by atomic mass is 79.9. The van der Waals surface area contributed by atoms with Crippen molar-refractivity contribution in [1.82, 2.24) is 9.38 Å². The molecule has 2 aromatic heterocycles. The number of nitrogens with zero attached hydrogens (tertiary/aromatic N) is 2. The number of fused-ring (bicyclic) bond motifs is 3. The van der Waals surface area contributed by atoms with Crippen LogP contribution < -0.4 is 19.6 Å². The molecule has 2 heterocycles. The highest BCUT2D eigenvalue weighted by molar-refractivity contribution is 9.10. The van der Waals surface area contributed by atoms with Crippen LogP contribution in [0.25, 0.3) is 22.1 Å². The molecule has 35 heavy (non-hydrogen) atoms. The summed E-state index contributed by atoms with van der Waals surface area (Å²) >= 11 is 4.92. The molecule has 5 aromatic rings. The number of thiazole rings is 1.